The van der Waals surface area contributed by atoms with E-state index in [0.717, 1.165) is 12.8 Å². The fourth-order valence-corrected chi connectivity index (χ4v) is 1.77. The Kier molecular flexibility index (Phi) is 2.45. The first kappa shape index (κ1) is 9.56. The van der Waals surface area contributed by atoms with E-state index in [1.54, 1.807) is 0 Å². The van der Waals surface area contributed by atoms with E-state index in [9.17, 15) is 4.79 Å². The normalized spacial score (nSPS) is 28.8. The molecular weight excluding hydrogens is 150 g/mol. The molecule has 2 nitrogen and oxygen atoms in total. The second kappa shape index (κ2) is 3.08. The van der Waals surface area contributed by atoms with Crippen molar-refractivity contribution in [2.24, 2.45) is 11.8 Å². The zero-order valence-electron chi connectivity index (χ0n) is 8.48. The lowest BCUT2D eigenvalue weighted by atomic mass is 9.81. The molecule has 1 saturated heterocycles. The molecule has 0 saturated carbocycles. The number of carbonyl (C=O) groups excluding carboxylic acids is 1. The molecule has 0 spiro atoms. The van der Waals surface area contributed by atoms with Gasteiger partial charge in [0.2, 0.25) is 5.91 Å². The van der Waals surface area contributed by atoms with Gasteiger partial charge in [0.15, 0.2) is 0 Å². The van der Waals surface area contributed by atoms with Crippen LogP contribution >= 0.6 is 0 Å². The standard InChI is InChI=1S/C10H19NO/c1-7(2)8-5-6-10(3,4)11-9(8)12/h7-8H,5-6H2,1-4H3,(H,11,12). The van der Waals surface area contributed by atoms with E-state index in [1.807, 2.05) is 0 Å². The smallest absolute Gasteiger partial charge is 0.223 e. The van der Waals surface area contributed by atoms with E-state index in [1.165, 1.54) is 0 Å². The SMILES string of the molecule is CC(C)C1CCC(C)(C)NC1=O. The maximum absolute atomic E-state index is 11.5. The maximum atomic E-state index is 11.5. The first-order valence-electron chi connectivity index (χ1n) is 4.74. The number of hydrogen-bond donors (Lipinski definition) is 1. The number of hydrogen-bond acceptors (Lipinski definition) is 1. The van der Waals surface area contributed by atoms with Crippen molar-refractivity contribution in [2.75, 3.05) is 0 Å². The molecule has 1 N–H and O–H groups in total. The minimum absolute atomic E-state index is 0.0163. The summed E-state index contributed by atoms with van der Waals surface area (Å²) in [4.78, 5) is 11.5. The molecule has 1 aliphatic rings. The van der Waals surface area contributed by atoms with Crippen LogP contribution in [0.15, 0.2) is 0 Å². The minimum Gasteiger partial charge on any atom is -0.351 e. The number of rotatable bonds is 1. The summed E-state index contributed by atoms with van der Waals surface area (Å²) in [7, 11) is 0. The van der Waals surface area contributed by atoms with Gasteiger partial charge in [-0.25, -0.2) is 0 Å². The van der Waals surface area contributed by atoms with Crippen LogP contribution in [0.5, 0.6) is 0 Å². The number of amides is 1. The van der Waals surface area contributed by atoms with E-state index in [4.69, 9.17) is 0 Å². The third-order valence-electron chi connectivity index (χ3n) is 2.68. The van der Waals surface area contributed by atoms with Gasteiger partial charge >= 0.3 is 0 Å². The summed E-state index contributed by atoms with van der Waals surface area (Å²) in [6.07, 6.45) is 2.14. The van der Waals surface area contributed by atoms with Gasteiger partial charge in [0.1, 0.15) is 0 Å². The molecule has 1 atom stereocenters. The Morgan fingerprint density at radius 2 is 2.08 bits per heavy atom. The highest BCUT2D eigenvalue weighted by atomic mass is 16.2. The van der Waals surface area contributed by atoms with Crippen LogP contribution in [-0.2, 0) is 4.79 Å². The van der Waals surface area contributed by atoms with Crippen LogP contribution < -0.4 is 5.32 Å². The Morgan fingerprint density at radius 1 is 1.50 bits per heavy atom. The van der Waals surface area contributed by atoms with Crippen molar-refractivity contribution in [1.29, 1.82) is 0 Å². The van der Waals surface area contributed by atoms with E-state index in [-0.39, 0.29) is 17.4 Å². The first-order chi connectivity index (χ1) is 5.42. The highest BCUT2D eigenvalue weighted by Crippen LogP contribution is 2.27. The van der Waals surface area contributed by atoms with Crippen LogP contribution in [0, 0.1) is 11.8 Å². The van der Waals surface area contributed by atoms with Gasteiger partial charge in [0, 0.05) is 11.5 Å². The maximum Gasteiger partial charge on any atom is 0.223 e. The van der Waals surface area contributed by atoms with Crippen LogP contribution in [0.3, 0.4) is 0 Å². The number of nitrogens with one attached hydrogen (secondary N) is 1. The Morgan fingerprint density at radius 3 is 2.50 bits per heavy atom. The fourth-order valence-electron chi connectivity index (χ4n) is 1.77. The Labute approximate surface area is 74.7 Å². The lowest BCUT2D eigenvalue weighted by molar-refractivity contribution is -0.130. The van der Waals surface area contributed by atoms with E-state index >= 15 is 0 Å². The average Bonchev–Trinajstić information content (AvgIpc) is 1.83. The molecule has 1 amide bonds. The quantitative estimate of drug-likeness (QED) is 0.638. The molecule has 1 heterocycles. The van der Waals surface area contributed by atoms with Gasteiger partial charge in [-0.15, -0.1) is 0 Å². The molecule has 0 bridgehead atoms. The zero-order chi connectivity index (χ0) is 9.35. The van der Waals surface area contributed by atoms with Crippen LogP contribution in [0.25, 0.3) is 0 Å². The van der Waals surface area contributed by atoms with E-state index in [0.29, 0.717) is 5.92 Å². The third-order valence-corrected chi connectivity index (χ3v) is 2.68. The lowest BCUT2D eigenvalue weighted by Gasteiger charge is -2.36. The Bertz CT molecular complexity index is 184. The van der Waals surface area contributed by atoms with Crippen LogP contribution in [0.4, 0.5) is 0 Å². The number of piperidine rings is 1. The van der Waals surface area contributed by atoms with Gasteiger partial charge in [-0.2, -0.15) is 0 Å². The molecule has 1 fully saturated rings. The Balaban J connectivity index is 2.60. The molecule has 2 heteroatoms. The summed E-state index contributed by atoms with van der Waals surface area (Å²) in [5, 5.41) is 3.05. The predicted molar refractivity (Wildman–Crippen MR) is 49.8 cm³/mol. The topological polar surface area (TPSA) is 29.1 Å². The summed E-state index contributed by atoms with van der Waals surface area (Å²) >= 11 is 0. The lowest BCUT2D eigenvalue weighted by Crippen LogP contribution is -2.51. The van der Waals surface area contributed by atoms with Gasteiger partial charge in [-0.1, -0.05) is 13.8 Å². The molecule has 1 aliphatic heterocycles. The van der Waals surface area contributed by atoms with Crippen molar-refractivity contribution < 1.29 is 4.79 Å². The van der Waals surface area contributed by atoms with Gasteiger partial charge < -0.3 is 5.32 Å². The highest BCUT2D eigenvalue weighted by molar-refractivity contribution is 5.80. The van der Waals surface area contributed by atoms with Crippen molar-refractivity contribution in [3.63, 3.8) is 0 Å². The van der Waals surface area contributed by atoms with Crippen LogP contribution in [0.2, 0.25) is 0 Å². The Hall–Kier alpha value is -0.530. The summed E-state index contributed by atoms with van der Waals surface area (Å²) < 4.78 is 0. The van der Waals surface area contributed by atoms with Gasteiger partial charge in [-0.05, 0) is 32.6 Å². The van der Waals surface area contributed by atoms with E-state index in [2.05, 4.69) is 33.0 Å². The zero-order valence-corrected chi connectivity index (χ0v) is 8.48. The fraction of sp³-hybridized carbons (Fsp3) is 0.900. The van der Waals surface area contributed by atoms with Crippen molar-refractivity contribution in [2.45, 2.75) is 46.1 Å². The van der Waals surface area contributed by atoms with Crippen molar-refractivity contribution in [3.8, 4) is 0 Å². The second-order valence-corrected chi connectivity index (χ2v) is 4.76. The summed E-state index contributed by atoms with van der Waals surface area (Å²) in [6.45, 7) is 8.40. The summed E-state index contributed by atoms with van der Waals surface area (Å²) in [5.74, 6) is 0.945. The predicted octanol–water partition coefficient (Wildman–Crippen LogP) is 1.95. The van der Waals surface area contributed by atoms with Gasteiger partial charge in [0.25, 0.3) is 0 Å². The van der Waals surface area contributed by atoms with Gasteiger partial charge in [-0.3, -0.25) is 4.79 Å². The molecule has 0 aromatic rings. The molecule has 0 radical (unpaired) electrons. The van der Waals surface area contributed by atoms with Crippen molar-refractivity contribution in [3.05, 3.63) is 0 Å². The summed E-state index contributed by atoms with van der Waals surface area (Å²) in [6, 6.07) is 0. The van der Waals surface area contributed by atoms with E-state index < -0.39 is 0 Å². The third kappa shape index (κ3) is 1.99. The summed E-state index contributed by atoms with van der Waals surface area (Å²) in [5.41, 5.74) is 0.0163. The second-order valence-electron chi connectivity index (χ2n) is 4.76. The number of carbonyl (C=O) groups is 1. The highest BCUT2D eigenvalue weighted by Gasteiger charge is 2.33. The molecule has 0 aromatic heterocycles. The minimum atomic E-state index is 0.0163. The van der Waals surface area contributed by atoms with Crippen molar-refractivity contribution in [1.82, 2.24) is 5.32 Å². The first-order valence-corrected chi connectivity index (χ1v) is 4.74. The van der Waals surface area contributed by atoms with Gasteiger partial charge in [0.05, 0.1) is 0 Å². The molecule has 0 aliphatic carbocycles. The molecule has 1 rings (SSSR count). The van der Waals surface area contributed by atoms with Crippen LogP contribution in [0.1, 0.15) is 40.5 Å². The molecule has 12 heavy (non-hydrogen) atoms. The molecule has 1 unspecified atom stereocenters. The largest absolute Gasteiger partial charge is 0.351 e. The molecule has 0 aromatic carbocycles. The molecular formula is C10H19NO. The molecule has 70 valence electrons. The van der Waals surface area contributed by atoms with Crippen LogP contribution in [-0.4, -0.2) is 11.4 Å². The van der Waals surface area contributed by atoms with Crippen molar-refractivity contribution >= 4 is 5.91 Å². The average molecular weight is 169 g/mol. The monoisotopic (exact) mass is 169 g/mol.